The molecule has 1 aromatic carbocycles. The lowest BCUT2D eigenvalue weighted by atomic mass is 10.2. The number of hydrogen-bond donors (Lipinski definition) is 1. The summed E-state index contributed by atoms with van der Waals surface area (Å²) in [5, 5.41) is 0. The first-order valence-electron chi connectivity index (χ1n) is 6.39. The molecular formula is C15H16N4O. The molecule has 0 unspecified atom stereocenters. The quantitative estimate of drug-likeness (QED) is 0.792. The molecule has 0 fully saturated rings. The lowest BCUT2D eigenvalue weighted by Crippen LogP contribution is -2.02. The van der Waals surface area contributed by atoms with Crippen molar-refractivity contribution in [2.45, 2.75) is 13.5 Å². The van der Waals surface area contributed by atoms with E-state index in [0.717, 1.165) is 28.1 Å². The molecule has 0 spiro atoms. The van der Waals surface area contributed by atoms with E-state index in [4.69, 9.17) is 10.5 Å². The average molecular weight is 268 g/mol. The molecule has 3 aromatic rings. The lowest BCUT2D eigenvalue weighted by Gasteiger charge is -2.08. The molecule has 0 radical (unpaired) electrons. The second-order valence-electron chi connectivity index (χ2n) is 4.70. The first-order valence-corrected chi connectivity index (χ1v) is 6.39. The highest BCUT2D eigenvalue weighted by Crippen LogP contribution is 2.22. The SMILES string of the molecule is COCc1cccc(-n2c(N)nc3ccc(C)nc32)c1. The largest absolute Gasteiger partial charge is 0.380 e. The molecule has 20 heavy (non-hydrogen) atoms. The van der Waals surface area contributed by atoms with Gasteiger partial charge in [-0.05, 0) is 36.8 Å². The molecule has 0 atom stereocenters. The van der Waals surface area contributed by atoms with Gasteiger partial charge in [0, 0.05) is 12.8 Å². The minimum atomic E-state index is 0.438. The van der Waals surface area contributed by atoms with Crippen molar-refractivity contribution in [3.8, 4) is 5.69 Å². The minimum Gasteiger partial charge on any atom is -0.380 e. The third kappa shape index (κ3) is 2.12. The number of rotatable bonds is 3. The zero-order chi connectivity index (χ0) is 14.1. The number of pyridine rings is 1. The molecule has 0 bridgehead atoms. The van der Waals surface area contributed by atoms with Gasteiger partial charge in [-0.2, -0.15) is 0 Å². The summed E-state index contributed by atoms with van der Waals surface area (Å²) in [5.41, 5.74) is 10.6. The Kier molecular flexibility index (Phi) is 3.12. The van der Waals surface area contributed by atoms with E-state index in [-0.39, 0.29) is 0 Å². The van der Waals surface area contributed by atoms with E-state index in [0.29, 0.717) is 12.6 Å². The second kappa shape index (κ2) is 4.94. The summed E-state index contributed by atoms with van der Waals surface area (Å²) in [7, 11) is 1.68. The minimum absolute atomic E-state index is 0.438. The third-order valence-corrected chi connectivity index (χ3v) is 3.15. The van der Waals surface area contributed by atoms with E-state index < -0.39 is 0 Å². The lowest BCUT2D eigenvalue weighted by molar-refractivity contribution is 0.185. The number of nitrogen functional groups attached to an aromatic ring is 1. The van der Waals surface area contributed by atoms with Crippen LogP contribution in [-0.4, -0.2) is 21.6 Å². The van der Waals surface area contributed by atoms with Crippen LogP contribution in [0.15, 0.2) is 36.4 Å². The van der Waals surface area contributed by atoms with Crippen LogP contribution in [0.5, 0.6) is 0 Å². The molecule has 5 heteroatoms. The van der Waals surface area contributed by atoms with Crippen molar-refractivity contribution >= 4 is 17.1 Å². The number of fused-ring (bicyclic) bond motifs is 1. The van der Waals surface area contributed by atoms with Crippen LogP contribution in [0.1, 0.15) is 11.3 Å². The Morgan fingerprint density at radius 3 is 2.85 bits per heavy atom. The smallest absolute Gasteiger partial charge is 0.207 e. The highest BCUT2D eigenvalue weighted by atomic mass is 16.5. The molecule has 0 amide bonds. The zero-order valence-electron chi connectivity index (χ0n) is 11.5. The average Bonchev–Trinajstić information content (AvgIpc) is 2.75. The van der Waals surface area contributed by atoms with Gasteiger partial charge in [-0.3, -0.25) is 4.57 Å². The Hall–Kier alpha value is -2.40. The van der Waals surface area contributed by atoms with Crippen LogP contribution in [0.25, 0.3) is 16.9 Å². The number of nitrogens with two attached hydrogens (primary N) is 1. The van der Waals surface area contributed by atoms with Crippen LogP contribution in [0.2, 0.25) is 0 Å². The van der Waals surface area contributed by atoms with Gasteiger partial charge in [0.1, 0.15) is 5.52 Å². The van der Waals surface area contributed by atoms with Crippen LogP contribution in [0.3, 0.4) is 0 Å². The van der Waals surface area contributed by atoms with Crippen molar-refractivity contribution < 1.29 is 4.74 Å². The predicted molar refractivity (Wildman–Crippen MR) is 78.7 cm³/mol. The van der Waals surface area contributed by atoms with Crippen molar-refractivity contribution in [2.75, 3.05) is 12.8 Å². The van der Waals surface area contributed by atoms with Crippen LogP contribution in [-0.2, 0) is 11.3 Å². The Balaban J connectivity index is 2.20. The summed E-state index contributed by atoms with van der Waals surface area (Å²) in [6.07, 6.45) is 0. The number of benzene rings is 1. The molecule has 0 saturated heterocycles. The van der Waals surface area contributed by atoms with Gasteiger partial charge in [0.25, 0.3) is 0 Å². The Bertz CT molecular complexity index is 764. The fourth-order valence-corrected chi connectivity index (χ4v) is 2.28. The monoisotopic (exact) mass is 268 g/mol. The van der Waals surface area contributed by atoms with E-state index in [1.165, 1.54) is 0 Å². The van der Waals surface area contributed by atoms with E-state index in [1.54, 1.807) is 7.11 Å². The molecule has 5 nitrogen and oxygen atoms in total. The maximum atomic E-state index is 6.04. The summed E-state index contributed by atoms with van der Waals surface area (Å²) in [5.74, 6) is 0.438. The van der Waals surface area contributed by atoms with Gasteiger partial charge >= 0.3 is 0 Å². The first-order chi connectivity index (χ1) is 9.69. The summed E-state index contributed by atoms with van der Waals surface area (Å²) in [6, 6.07) is 11.9. The normalized spacial score (nSPS) is 11.1. The number of hydrogen-bond acceptors (Lipinski definition) is 4. The van der Waals surface area contributed by atoms with Gasteiger partial charge in [-0.15, -0.1) is 0 Å². The molecule has 0 aliphatic heterocycles. The van der Waals surface area contributed by atoms with Crippen LogP contribution < -0.4 is 5.73 Å². The number of imidazole rings is 1. The number of aryl methyl sites for hydroxylation is 1. The molecule has 3 rings (SSSR count). The van der Waals surface area contributed by atoms with Crippen molar-refractivity contribution in [2.24, 2.45) is 0 Å². The van der Waals surface area contributed by atoms with Crippen LogP contribution in [0.4, 0.5) is 5.95 Å². The van der Waals surface area contributed by atoms with Gasteiger partial charge < -0.3 is 10.5 Å². The predicted octanol–water partition coefficient (Wildman–Crippen LogP) is 2.46. The maximum Gasteiger partial charge on any atom is 0.207 e. The summed E-state index contributed by atoms with van der Waals surface area (Å²) < 4.78 is 7.03. The third-order valence-electron chi connectivity index (χ3n) is 3.15. The van der Waals surface area contributed by atoms with E-state index in [1.807, 2.05) is 47.9 Å². The van der Waals surface area contributed by atoms with Crippen LogP contribution >= 0.6 is 0 Å². The number of methoxy groups -OCH3 is 1. The maximum absolute atomic E-state index is 6.04. The fourth-order valence-electron chi connectivity index (χ4n) is 2.28. The molecule has 0 aliphatic rings. The molecule has 2 aromatic heterocycles. The van der Waals surface area contributed by atoms with E-state index in [9.17, 15) is 0 Å². The Labute approximate surface area is 117 Å². The first kappa shape index (κ1) is 12.6. The van der Waals surface area contributed by atoms with Crippen molar-refractivity contribution in [1.29, 1.82) is 0 Å². The topological polar surface area (TPSA) is 66.0 Å². The van der Waals surface area contributed by atoms with Gasteiger partial charge in [0.15, 0.2) is 5.65 Å². The highest BCUT2D eigenvalue weighted by molar-refractivity contribution is 5.77. The van der Waals surface area contributed by atoms with E-state index in [2.05, 4.69) is 9.97 Å². The second-order valence-corrected chi connectivity index (χ2v) is 4.70. The molecule has 2 N–H and O–H groups in total. The van der Waals surface area contributed by atoms with E-state index >= 15 is 0 Å². The van der Waals surface area contributed by atoms with Crippen molar-refractivity contribution in [3.63, 3.8) is 0 Å². The van der Waals surface area contributed by atoms with Crippen molar-refractivity contribution in [3.05, 3.63) is 47.7 Å². The molecule has 2 heterocycles. The summed E-state index contributed by atoms with van der Waals surface area (Å²) >= 11 is 0. The molecule has 0 aliphatic carbocycles. The number of ether oxygens (including phenoxy) is 1. The summed E-state index contributed by atoms with van der Waals surface area (Å²) in [6.45, 7) is 2.52. The Morgan fingerprint density at radius 2 is 2.05 bits per heavy atom. The highest BCUT2D eigenvalue weighted by Gasteiger charge is 2.11. The molecular weight excluding hydrogens is 252 g/mol. The van der Waals surface area contributed by atoms with Crippen molar-refractivity contribution in [1.82, 2.24) is 14.5 Å². The van der Waals surface area contributed by atoms with Gasteiger partial charge in [0.05, 0.1) is 12.3 Å². The standard InChI is InChI=1S/C15H16N4O/c1-10-6-7-13-14(17-10)19(15(16)18-13)12-5-3-4-11(8-12)9-20-2/h3-8H,9H2,1-2H3,(H2,16,18). The fraction of sp³-hybridized carbons (Fsp3) is 0.200. The summed E-state index contributed by atoms with van der Waals surface area (Å²) in [4.78, 5) is 8.89. The zero-order valence-corrected chi connectivity index (χ0v) is 11.5. The number of anilines is 1. The van der Waals surface area contributed by atoms with Gasteiger partial charge in [-0.1, -0.05) is 12.1 Å². The Morgan fingerprint density at radius 1 is 1.20 bits per heavy atom. The number of aromatic nitrogens is 3. The molecule has 102 valence electrons. The molecule has 0 saturated carbocycles. The van der Waals surface area contributed by atoms with Crippen LogP contribution in [0, 0.1) is 6.92 Å². The van der Waals surface area contributed by atoms with Gasteiger partial charge in [0.2, 0.25) is 5.95 Å². The number of nitrogens with zero attached hydrogens (tertiary/aromatic N) is 3. The van der Waals surface area contributed by atoms with Gasteiger partial charge in [-0.25, -0.2) is 9.97 Å².